The van der Waals surface area contributed by atoms with E-state index in [4.69, 9.17) is 0 Å². The van der Waals surface area contributed by atoms with E-state index in [9.17, 15) is 4.79 Å². The Morgan fingerprint density at radius 1 is 1.05 bits per heavy atom. The fourth-order valence-corrected chi connectivity index (χ4v) is 2.65. The highest BCUT2D eigenvalue weighted by Gasteiger charge is 2.29. The number of amides is 1. The van der Waals surface area contributed by atoms with Crippen LogP contribution in [0.3, 0.4) is 0 Å². The van der Waals surface area contributed by atoms with Crippen LogP contribution in [0.1, 0.15) is 45.4 Å². The number of carbonyl (C=O) groups excluding carboxylic acids is 1. The quantitative estimate of drug-likeness (QED) is 0.282. The number of aliphatic imine (C=N–C) groups is 1. The predicted octanol–water partition coefficient (Wildman–Crippen LogP) is 1.87. The lowest BCUT2D eigenvalue weighted by Crippen LogP contribution is -2.46. The second-order valence-corrected chi connectivity index (χ2v) is 6.17. The van der Waals surface area contributed by atoms with Gasteiger partial charge < -0.3 is 16.0 Å². The zero-order valence-corrected chi connectivity index (χ0v) is 15.5. The molecule has 2 saturated carbocycles. The van der Waals surface area contributed by atoms with Crippen molar-refractivity contribution < 1.29 is 4.79 Å². The third-order valence-electron chi connectivity index (χ3n) is 4.25. The Balaban J connectivity index is 0.00000220. The number of halogens is 1. The molecule has 6 heteroatoms. The van der Waals surface area contributed by atoms with Gasteiger partial charge in [-0.3, -0.25) is 9.79 Å². The molecule has 0 aliphatic heterocycles. The van der Waals surface area contributed by atoms with E-state index in [1.807, 2.05) is 0 Å². The average molecular weight is 408 g/mol. The maximum Gasteiger partial charge on any atom is 0.223 e. The summed E-state index contributed by atoms with van der Waals surface area (Å²) in [6, 6.07) is 0.540. The predicted molar refractivity (Wildman–Crippen MR) is 97.1 cm³/mol. The molecular formula is C15H29IN4O. The Kier molecular flexibility index (Phi) is 8.36. The number of carbonyl (C=O) groups is 1. The van der Waals surface area contributed by atoms with Gasteiger partial charge in [-0.15, -0.1) is 24.0 Å². The summed E-state index contributed by atoms with van der Waals surface area (Å²) < 4.78 is 0. The molecule has 1 amide bonds. The van der Waals surface area contributed by atoms with Crippen LogP contribution < -0.4 is 16.0 Å². The number of rotatable bonds is 5. The minimum absolute atomic E-state index is 0. The van der Waals surface area contributed by atoms with Crippen LogP contribution in [0.5, 0.6) is 0 Å². The second kappa shape index (κ2) is 9.48. The standard InChI is InChI=1S/C15H28N4O.HI/c1-11-3-7-13(8-4-11)19-15(16-2)18-10-9-17-14(20)12-5-6-12;/h11-13H,3-10H2,1-2H3,(H,17,20)(H2,16,18,19);1H. The van der Waals surface area contributed by atoms with Crippen molar-refractivity contribution in [2.75, 3.05) is 20.1 Å². The lowest BCUT2D eigenvalue weighted by molar-refractivity contribution is -0.122. The third kappa shape index (κ3) is 6.84. The summed E-state index contributed by atoms with van der Waals surface area (Å²) in [7, 11) is 1.80. The summed E-state index contributed by atoms with van der Waals surface area (Å²) in [6.45, 7) is 3.71. The van der Waals surface area contributed by atoms with Crippen LogP contribution in [0.2, 0.25) is 0 Å². The lowest BCUT2D eigenvalue weighted by atomic mass is 9.87. The van der Waals surface area contributed by atoms with Crippen molar-refractivity contribution in [2.24, 2.45) is 16.8 Å². The van der Waals surface area contributed by atoms with Gasteiger partial charge in [0.15, 0.2) is 5.96 Å². The van der Waals surface area contributed by atoms with Gasteiger partial charge in [-0.25, -0.2) is 0 Å². The Morgan fingerprint density at radius 2 is 1.67 bits per heavy atom. The molecule has 0 aromatic rings. The van der Waals surface area contributed by atoms with E-state index < -0.39 is 0 Å². The molecule has 21 heavy (non-hydrogen) atoms. The molecular weight excluding hydrogens is 379 g/mol. The molecule has 0 bridgehead atoms. The van der Waals surface area contributed by atoms with Gasteiger partial charge in [0.1, 0.15) is 0 Å². The third-order valence-corrected chi connectivity index (χ3v) is 4.25. The molecule has 0 unspecified atom stereocenters. The zero-order valence-electron chi connectivity index (χ0n) is 13.2. The van der Waals surface area contributed by atoms with Gasteiger partial charge in [-0.1, -0.05) is 6.92 Å². The normalized spacial score (nSPS) is 25.7. The first-order valence-corrected chi connectivity index (χ1v) is 7.94. The molecule has 2 fully saturated rings. The molecule has 0 spiro atoms. The number of guanidine groups is 1. The van der Waals surface area contributed by atoms with Crippen LogP contribution in [0.4, 0.5) is 0 Å². The van der Waals surface area contributed by atoms with Crippen LogP contribution >= 0.6 is 24.0 Å². The van der Waals surface area contributed by atoms with E-state index in [-0.39, 0.29) is 35.8 Å². The molecule has 0 atom stereocenters. The Hall–Kier alpha value is -0.530. The van der Waals surface area contributed by atoms with Crippen molar-refractivity contribution >= 4 is 35.8 Å². The maximum atomic E-state index is 11.5. The van der Waals surface area contributed by atoms with E-state index >= 15 is 0 Å². The Morgan fingerprint density at radius 3 is 2.24 bits per heavy atom. The van der Waals surface area contributed by atoms with Crippen LogP contribution in [-0.2, 0) is 4.79 Å². The molecule has 122 valence electrons. The van der Waals surface area contributed by atoms with Gasteiger partial charge in [0.25, 0.3) is 0 Å². The van der Waals surface area contributed by atoms with Crippen LogP contribution in [0.15, 0.2) is 4.99 Å². The fraction of sp³-hybridized carbons (Fsp3) is 0.867. The van der Waals surface area contributed by atoms with E-state index in [2.05, 4.69) is 27.9 Å². The Labute approximate surface area is 145 Å². The van der Waals surface area contributed by atoms with Crippen molar-refractivity contribution in [1.82, 2.24) is 16.0 Å². The van der Waals surface area contributed by atoms with Crippen molar-refractivity contribution in [2.45, 2.75) is 51.5 Å². The highest BCUT2D eigenvalue weighted by molar-refractivity contribution is 14.0. The van der Waals surface area contributed by atoms with Crippen LogP contribution in [-0.4, -0.2) is 38.0 Å². The molecule has 2 aliphatic rings. The number of nitrogens with zero attached hydrogens (tertiary/aromatic N) is 1. The van der Waals surface area contributed by atoms with Crippen LogP contribution in [0, 0.1) is 11.8 Å². The van der Waals surface area contributed by atoms with Gasteiger partial charge in [-0.2, -0.15) is 0 Å². The van der Waals surface area contributed by atoms with Gasteiger partial charge >= 0.3 is 0 Å². The summed E-state index contributed by atoms with van der Waals surface area (Å²) in [4.78, 5) is 15.7. The molecule has 3 N–H and O–H groups in total. The minimum Gasteiger partial charge on any atom is -0.355 e. The lowest BCUT2D eigenvalue weighted by Gasteiger charge is -2.28. The van der Waals surface area contributed by atoms with E-state index in [1.54, 1.807) is 7.05 Å². The molecule has 0 aromatic heterocycles. The molecule has 0 saturated heterocycles. The van der Waals surface area contributed by atoms with E-state index in [1.165, 1.54) is 25.7 Å². The molecule has 2 aliphatic carbocycles. The van der Waals surface area contributed by atoms with Gasteiger partial charge in [0, 0.05) is 32.1 Å². The molecule has 0 aromatic carbocycles. The Bertz CT molecular complexity index is 350. The summed E-state index contributed by atoms with van der Waals surface area (Å²) in [6.07, 6.45) is 7.16. The summed E-state index contributed by atoms with van der Waals surface area (Å²) >= 11 is 0. The maximum absolute atomic E-state index is 11.5. The SMILES string of the molecule is CN=C(NCCNC(=O)C1CC1)NC1CCC(C)CC1.I. The van der Waals surface area contributed by atoms with E-state index in [0.717, 1.165) is 31.3 Å². The van der Waals surface area contributed by atoms with E-state index in [0.29, 0.717) is 12.6 Å². The van der Waals surface area contributed by atoms with Gasteiger partial charge in [0.2, 0.25) is 5.91 Å². The first kappa shape index (κ1) is 18.5. The topological polar surface area (TPSA) is 65.5 Å². The second-order valence-electron chi connectivity index (χ2n) is 6.17. The first-order valence-electron chi connectivity index (χ1n) is 7.94. The average Bonchev–Trinajstić information content (AvgIpc) is 3.28. The fourth-order valence-electron chi connectivity index (χ4n) is 2.65. The van der Waals surface area contributed by atoms with Crippen molar-refractivity contribution in [3.8, 4) is 0 Å². The monoisotopic (exact) mass is 408 g/mol. The first-order chi connectivity index (χ1) is 9.69. The summed E-state index contributed by atoms with van der Waals surface area (Å²) in [5, 5.41) is 9.69. The summed E-state index contributed by atoms with van der Waals surface area (Å²) in [5.41, 5.74) is 0. The summed E-state index contributed by atoms with van der Waals surface area (Å²) in [5.74, 6) is 2.21. The highest BCUT2D eigenvalue weighted by Crippen LogP contribution is 2.28. The van der Waals surface area contributed by atoms with Crippen molar-refractivity contribution in [3.05, 3.63) is 0 Å². The molecule has 5 nitrogen and oxygen atoms in total. The number of hydrogen-bond acceptors (Lipinski definition) is 2. The van der Waals surface area contributed by atoms with Crippen molar-refractivity contribution in [3.63, 3.8) is 0 Å². The smallest absolute Gasteiger partial charge is 0.223 e. The molecule has 2 rings (SSSR count). The van der Waals surface area contributed by atoms with Crippen LogP contribution in [0.25, 0.3) is 0 Å². The number of nitrogens with one attached hydrogen (secondary N) is 3. The molecule has 0 radical (unpaired) electrons. The zero-order chi connectivity index (χ0) is 14.4. The molecule has 0 heterocycles. The largest absolute Gasteiger partial charge is 0.355 e. The number of hydrogen-bond donors (Lipinski definition) is 3. The van der Waals surface area contributed by atoms with Crippen molar-refractivity contribution in [1.29, 1.82) is 0 Å². The van der Waals surface area contributed by atoms with Gasteiger partial charge in [0.05, 0.1) is 0 Å². The minimum atomic E-state index is 0. The van der Waals surface area contributed by atoms with Gasteiger partial charge in [-0.05, 0) is 44.4 Å². The highest BCUT2D eigenvalue weighted by atomic mass is 127.